The molecule has 0 aromatic heterocycles. The molecule has 0 radical (unpaired) electrons. The highest BCUT2D eigenvalue weighted by Gasteiger charge is 2.17. The van der Waals surface area contributed by atoms with Crippen molar-refractivity contribution in [2.24, 2.45) is 0 Å². The van der Waals surface area contributed by atoms with Crippen LogP contribution < -0.4 is 5.32 Å². The highest BCUT2D eigenvalue weighted by atomic mass is 32.1. The van der Waals surface area contributed by atoms with E-state index in [1.54, 1.807) is 0 Å². The maximum Gasteiger partial charge on any atom is 0.257 e. The van der Waals surface area contributed by atoms with Crippen molar-refractivity contribution in [1.82, 2.24) is 5.32 Å². The van der Waals surface area contributed by atoms with Gasteiger partial charge in [0.2, 0.25) is 0 Å². The highest BCUT2D eigenvalue weighted by Crippen LogP contribution is 2.05. The van der Waals surface area contributed by atoms with Crippen molar-refractivity contribution in [3.63, 3.8) is 0 Å². The molecule has 1 heterocycles. The van der Waals surface area contributed by atoms with Crippen molar-refractivity contribution >= 4 is 17.4 Å². The normalized spacial score (nSPS) is 23.7. The molecule has 2 nitrogen and oxygen atoms in total. The summed E-state index contributed by atoms with van der Waals surface area (Å²) in [5.41, 5.74) is 0. The van der Waals surface area contributed by atoms with Gasteiger partial charge in [0.1, 0.15) is 6.10 Å². The van der Waals surface area contributed by atoms with Crippen molar-refractivity contribution < 1.29 is 4.74 Å². The van der Waals surface area contributed by atoms with Gasteiger partial charge in [0.25, 0.3) is 5.17 Å². The SMILES string of the molecule is CC/C=C/CC1CNC(=S)O1. The molecule has 1 N–H and O–H groups in total. The third-order valence-corrected chi connectivity index (χ3v) is 1.79. The zero-order chi connectivity index (χ0) is 8.10. The molecule has 62 valence electrons. The molecule has 0 bridgehead atoms. The first-order valence-electron chi connectivity index (χ1n) is 3.92. The summed E-state index contributed by atoms with van der Waals surface area (Å²) in [6.07, 6.45) is 6.58. The van der Waals surface area contributed by atoms with E-state index in [1.807, 2.05) is 0 Å². The molecule has 1 atom stereocenters. The van der Waals surface area contributed by atoms with Crippen LogP contribution in [0.25, 0.3) is 0 Å². The van der Waals surface area contributed by atoms with Crippen LogP contribution in [0.5, 0.6) is 0 Å². The lowest BCUT2D eigenvalue weighted by molar-refractivity contribution is 0.239. The standard InChI is InChI=1S/C8H13NOS/c1-2-3-4-5-7-6-9-8(11)10-7/h3-4,7H,2,5-6H2,1H3,(H,9,11)/b4-3+. The first-order chi connectivity index (χ1) is 5.33. The molecule has 1 fully saturated rings. The lowest BCUT2D eigenvalue weighted by Gasteiger charge is -2.02. The minimum absolute atomic E-state index is 0.255. The van der Waals surface area contributed by atoms with Crippen LogP contribution in [0.1, 0.15) is 19.8 Å². The average molecular weight is 171 g/mol. The smallest absolute Gasteiger partial charge is 0.257 e. The second-order valence-corrected chi connectivity index (χ2v) is 2.89. The largest absolute Gasteiger partial charge is 0.466 e. The summed E-state index contributed by atoms with van der Waals surface area (Å²) in [6.45, 7) is 2.97. The Morgan fingerprint density at radius 2 is 2.55 bits per heavy atom. The van der Waals surface area contributed by atoms with Gasteiger partial charge >= 0.3 is 0 Å². The van der Waals surface area contributed by atoms with E-state index in [1.165, 1.54) is 0 Å². The summed E-state index contributed by atoms with van der Waals surface area (Å²) >= 11 is 4.82. The number of nitrogens with one attached hydrogen (secondary N) is 1. The molecule has 1 saturated heterocycles. The monoisotopic (exact) mass is 171 g/mol. The van der Waals surface area contributed by atoms with E-state index in [0.717, 1.165) is 19.4 Å². The number of hydrogen-bond donors (Lipinski definition) is 1. The van der Waals surface area contributed by atoms with E-state index < -0.39 is 0 Å². The van der Waals surface area contributed by atoms with Crippen LogP contribution in [0.2, 0.25) is 0 Å². The molecular formula is C8H13NOS. The Hall–Kier alpha value is -0.570. The summed E-state index contributed by atoms with van der Waals surface area (Å²) in [5.74, 6) is 0. The van der Waals surface area contributed by atoms with E-state index in [9.17, 15) is 0 Å². The van der Waals surface area contributed by atoms with Gasteiger partial charge in [0, 0.05) is 6.42 Å². The summed E-state index contributed by atoms with van der Waals surface area (Å²) < 4.78 is 5.28. The Balaban J connectivity index is 2.18. The average Bonchev–Trinajstić information content (AvgIpc) is 2.37. The van der Waals surface area contributed by atoms with Gasteiger partial charge in [-0.1, -0.05) is 19.1 Å². The van der Waals surface area contributed by atoms with Gasteiger partial charge in [-0.2, -0.15) is 0 Å². The van der Waals surface area contributed by atoms with Crippen LogP contribution in [-0.4, -0.2) is 17.8 Å². The van der Waals surface area contributed by atoms with Crippen molar-refractivity contribution in [2.75, 3.05) is 6.54 Å². The topological polar surface area (TPSA) is 21.3 Å². The Kier molecular flexibility index (Phi) is 3.36. The first kappa shape index (κ1) is 8.53. The second-order valence-electron chi connectivity index (χ2n) is 2.52. The minimum atomic E-state index is 0.255. The van der Waals surface area contributed by atoms with Crippen LogP contribution >= 0.6 is 12.2 Å². The summed E-state index contributed by atoms with van der Waals surface area (Å²) in [6, 6.07) is 0. The van der Waals surface area contributed by atoms with Crippen LogP contribution in [0.15, 0.2) is 12.2 Å². The van der Waals surface area contributed by atoms with E-state index in [-0.39, 0.29) is 6.10 Å². The number of rotatable bonds is 3. The fraction of sp³-hybridized carbons (Fsp3) is 0.625. The van der Waals surface area contributed by atoms with Crippen molar-refractivity contribution in [2.45, 2.75) is 25.9 Å². The molecular weight excluding hydrogens is 158 g/mol. The van der Waals surface area contributed by atoms with Gasteiger partial charge in [0.05, 0.1) is 6.54 Å². The van der Waals surface area contributed by atoms with Crippen molar-refractivity contribution in [3.05, 3.63) is 12.2 Å². The van der Waals surface area contributed by atoms with Crippen molar-refractivity contribution in [1.29, 1.82) is 0 Å². The van der Waals surface area contributed by atoms with Crippen molar-refractivity contribution in [3.8, 4) is 0 Å². The molecule has 1 aliphatic heterocycles. The predicted octanol–water partition coefficient (Wildman–Crippen LogP) is 1.62. The van der Waals surface area contributed by atoms with Crippen LogP contribution in [-0.2, 0) is 4.74 Å². The van der Waals surface area contributed by atoms with Gasteiger partial charge in [-0.05, 0) is 18.6 Å². The zero-order valence-electron chi connectivity index (χ0n) is 6.67. The first-order valence-corrected chi connectivity index (χ1v) is 4.33. The zero-order valence-corrected chi connectivity index (χ0v) is 7.49. The minimum Gasteiger partial charge on any atom is -0.466 e. The quantitative estimate of drug-likeness (QED) is 0.515. The van der Waals surface area contributed by atoms with Crippen LogP contribution in [0.4, 0.5) is 0 Å². The van der Waals surface area contributed by atoms with Gasteiger partial charge < -0.3 is 10.1 Å². The number of ether oxygens (including phenoxy) is 1. The maximum absolute atomic E-state index is 5.28. The predicted molar refractivity (Wildman–Crippen MR) is 49.5 cm³/mol. The fourth-order valence-electron chi connectivity index (χ4n) is 0.978. The Bertz CT molecular complexity index is 167. The molecule has 0 aromatic carbocycles. The fourth-order valence-corrected chi connectivity index (χ4v) is 1.20. The van der Waals surface area contributed by atoms with Gasteiger partial charge in [-0.3, -0.25) is 0 Å². The molecule has 0 aromatic rings. The summed E-state index contributed by atoms with van der Waals surface area (Å²) in [7, 11) is 0. The molecule has 0 amide bonds. The molecule has 11 heavy (non-hydrogen) atoms. The Labute approximate surface area is 72.6 Å². The molecule has 3 heteroatoms. The number of thiocarbonyl (C=S) groups is 1. The van der Waals surface area contributed by atoms with E-state index in [4.69, 9.17) is 17.0 Å². The van der Waals surface area contributed by atoms with Crippen LogP contribution in [0.3, 0.4) is 0 Å². The summed E-state index contributed by atoms with van der Waals surface area (Å²) in [4.78, 5) is 0. The second kappa shape index (κ2) is 4.34. The molecule has 0 aliphatic carbocycles. The van der Waals surface area contributed by atoms with E-state index >= 15 is 0 Å². The van der Waals surface area contributed by atoms with Gasteiger partial charge in [-0.15, -0.1) is 0 Å². The van der Waals surface area contributed by atoms with Gasteiger partial charge in [0.15, 0.2) is 0 Å². The lowest BCUT2D eigenvalue weighted by Crippen LogP contribution is -2.14. The lowest BCUT2D eigenvalue weighted by atomic mass is 10.2. The van der Waals surface area contributed by atoms with E-state index in [0.29, 0.717) is 5.17 Å². The summed E-state index contributed by atoms with van der Waals surface area (Å²) in [5, 5.41) is 3.51. The highest BCUT2D eigenvalue weighted by molar-refractivity contribution is 7.80. The Morgan fingerprint density at radius 3 is 3.09 bits per heavy atom. The number of hydrogen-bond acceptors (Lipinski definition) is 2. The molecule has 1 aliphatic rings. The maximum atomic E-state index is 5.28. The molecule has 1 rings (SSSR count). The third-order valence-electron chi connectivity index (χ3n) is 1.55. The van der Waals surface area contributed by atoms with Crippen LogP contribution in [0, 0.1) is 0 Å². The third kappa shape index (κ3) is 2.89. The molecule has 1 unspecified atom stereocenters. The number of allylic oxidation sites excluding steroid dienone is 1. The van der Waals surface area contributed by atoms with E-state index in [2.05, 4.69) is 24.4 Å². The van der Waals surface area contributed by atoms with Gasteiger partial charge in [-0.25, -0.2) is 0 Å². The Morgan fingerprint density at radius 1 is 1.73 bits per heavy atom. The molecule has 0 saturated carbocycles. The molecule has 0 spiro atoms.